The minimum absolute atomic E-state index is 0.0493. The van der Waals surface area contributed by atoms with Gasteiger partial charge in [-0.05, 0) is 37.0 Å². The van der Waals surface area contributed by atoms with Crippen molar-refractivity contribution in [3.05, 3.63) is 54.6 Å². The van der Waals surface area contributed by atoms with E-state index < -0.39 is 0 Å². The van der Waals surface area contributed by atoms with Gasteiger partial charge in [-0.2, -0.15) is 0 Å². The number of nitrogens with one attached hydrogen (secondary N) is 1. The molecule has 1 aliphatic rings. The molecule has 4 rings (SSSR count). The number of para-hydroxylation sites is 1. The number of piperidine rings is 1. The lowest BCUT2D eigenvalue weighted by molar-refractivity contribution is -0.133. The summed E-state index contributed by atoms with van der Waals surface area (Å²) in [6, 6.07) is 11.7. The van der Waals surface area contributed by atoms with Crippen molar-refractivity contribution in [3.63, 3.8) is 0 Å². The highest BCUT2D eigenvalue weighted by atomic mass is 32.2. The molecule has 0 aliphatic carbocycles. The Morgan fingerprint density at radius 3 is 2.73 bits per heavy atom. The Bertz CT molecular complexity index is 1000. The zero-order valence-corrected chi connectivity index (χ0v) is 18.0. The molecule has 1 N–H and O–H groups in total. The van der Waals surface area contributed by atoms with E-state index in [1.165, 1.54) is 11.8 Å². The zero-order valence-electron chi connectivity index (χ0n) is 17.2. The second-order valence-electron chi connectivity index (χ2n) is 7.85. The molecule has 0 unspecified atom stereocenters. The SMILES string of the molecule is CC1CCN(C(=O)Cn2cc(SCC(=O)NCc3ccco3)c3ccccc32)CC1. The number of hydrogen-bond acceptors (Lipinski definition) is 4. The third-order valence-corrected chi connectivity index (χ3v) is 6.64. The molecule has 0 atom stereocenters. The quantitative estimate of drug-likeness (QED) is 0.583. The average molecular weight is 426 g/mol. The number of hydrogen-bond donors (Lipinski definition) is 1. The first-order valence-electron chi connectivity index (χ1n) is 10.4. The molecule has 0 spiro atoms. The maximum absolute atomic E-state index is 12.8. The van der Waals surface area contributed by atoms with Gasteiger partial charge in [0.2, 0.25) is 11.8 Å². The summed E-state index contributed by atoms with van der Waals surface area (Å²) in [4.78, 5) is 28.0. The fourth-order valence-electron chi connectivity index (χ4n) is 3.76. The highest BCUT2D eigenvalue weighted by molar-refractivity contribution is 8.00. The van der Waals surface area contributed by atoms with Crippen LogP contribution in [0.2, 0.25) is 0 Å². The third kappa shape index (κ3) is 4.90. The van der Waals surface area contributed by atoms with E-state index in [0.717, 1.165) is 47.5 Å². The van der Waals surface area contributed by atoms with Crippen LogP contribution in [-0.2, 0) is 22.7 Å². The first-order valence-corrected chi connectivity index (χ1v) is 11.4. The van der Waals surface area contributed by atoms with Gasteiger partial charge < -0.3 is 19.2 Å². The summed E-state index contributed by atoms with van der Waals surface area (Å²) in [7, 11) is 0. The predicted molar refractivity (Wildman–Crippen MR) is 118 cm³/mol. The van der Waals surface area contributed by atoms with E-state index in [1.54, 1.807) is 12.3 Å². The van der Waals surface area contributed by atoms with Crippen LogP contribution in [-0.4, -0.2) is 40.1 Å². The van der Waals surface area contributed by atoms with Gasteiger partial charge in [0.25, 0.3) is 0 Å². The van der Waals surface area contributed by atoms with E-state index in [4.69, 9.17) is 4.42 Å². The summed E-state index contributed by atoms with van der Waals surface area (Å²) in [5, 5.41) is 3.94. The fourth-order valence-corrected chi connectivity index (χ4v) is 4.67. The van der Waals surface area contributed by atoms with E-state index >= 15 is 0 Å². The summed E-state index contributed by atoms with van der Waals surface area (Å²) < 4.78 is 7.25. The number of thioether (sulfide) groups is 1. The van der Waals surface area contributed by atoms with Crippen LogP contribution in [0.15, 0.2) is 58.2 Å². The first kappa shape index (κ1) is 20.6. The largest absolute Gasteiger partial charge is 0.467 e. The number of benzene rings is 1. The van der Waals surface area contributed by atoms with Crippen molar-refractivity contribution in [1.29, 1.82) is 0 Å². The van der Waals surface area contributed by atoms with Gasteiger partial charge in [0.05, 0.1) is 18.6 Å². The van der Waals surface area contributed by atoms with E-state index in [0.29, 0.717) is 24.8 Å². The Morgan fingerprint density at radius 2 is 1.97 bits per heavy atom. The number of carbonyl (C=O) groups is 2. The van der Waals surface area contributed by atoms with Crippen LogP contribution in [0.4, 0.5) is 0 Å². The van der Waals surface area contributed by atoms with Gasteiger partial charge in [-0.15, -0.1) is 11.8 Å². The monoisotopic (exact) mass is 425 g/mol. The molecule has 1 aliphatic heterocycles. The van der Waals surface area contributed by atoms with E-state index in [-0.39, 0.29) is 11.8 Å². The van der Waals surface area contributed by atoms with Crippen molar-refractivity contribution in [1.82, 2.24) is 14.8 Å². The number of likely N-dealkylation sites (tertiary alicyclic amines) is 1. The van der Waals surface area contributed by atoms with Crippen LogP contribution in [0, 0.1) is 5.92 Å². The van der Waals surface area contributed by atoms with Gasteiger partial charge in [0, 0.05) is 35.1 Å². The average Bonchev–Trinajstić information content (AvgIpc) is 3.40. The number of fused-ring (bicyclic) bond motifs is 1. The molecule has 7 heteroatoms. The van der Waals surface area contributed by atoms with Crippen LogP contribution < -0.4 is 5.32 Å². The van der Waals surface area contributed by atoms with Gasteiger partial charge >= 0.3 is 0 Å². The zero-order chi connectivity index (χ0) is 20.9. The molecule has 1 saturated heterocycles. The van der Waals surface area contributed by atoms with Gasteiger partial charge in [-0.1, -0.05) is 25.1 Å². The lowest BCUT2D eigenvalue weighted by Gasteiger charge is -2.30. The number of rotatable bonds is 7. The van der Waals surface area contributed by atoms with E-state index in [9.17, 15) is 9.59 Å². The van der Waals surface area contributed by atoms with Crippen LogP contribution in [0.25, 0.3) is 10.9 Å². The molecule has 0 radical (unpaired) electrons. The van der Waals surface area contributed by atoms with Crippen molar-refractivity contribution < 1.29 is 14.0 Å². The Kier molecular flexibility index (Phi) is 6.47. The van der Waals surface area contributed by atoms with Crippen LogP contribution in [0.5, 0.6) is 0 Å². The summed E-state index contributed by atoms with van der Waals surface area (Å²) in [6.07, 6.45) is 5.75. The second kappa shape index (κ2) is 9.43. The van der Waals surface area contributed by atoms with Crippen molar-refractivity contribution in [2.45, 2.75) is 37.8 Å². The van der Waals surface area contributed by atoms with Crippen LogP contribution in [0.3, 0.4) is 0 Å². The Morgan fingerprint density at radius 1 is 1.17 bits per heavy atom. The van der Waals surface area contributed by atoms with E-state index in [2.05, 4.69) is 12.2 Å². The van der Waals surface area contributed by atoms with Crippen molar-refractivity contribution in [3.8, 4) is 0 Å². The molecule has 3 heterocycles. The summed E-state index contributed by atoms with van der Waals surface area (Å²) in [6.45, 7) is 4.65. The fraction of sp³-hybridized carbons (Fsp3) is 0.391. The van der Waals surface area contributed by atoms with Gasteiger partial charge in [0.15, 0.2) is 0 Å². The molecule has 6 nitrogen and oxygen atoms in total. The van der Waals surface area contributed by atoms with Gasteiger partial charge in [-0.25, -0.2) is 0 Å². The van der Waals surface area contributed by atoms with Crippen molar-refractivity contribution in [2.75, 3.05) is 18.8 Å². The highest BCUT2D eigenvalue weighted by Gasteiger charge is 2.21. The standard InChI is InChI=1S/C23H27N3O3S/c1-17-8-10-25(11-9-17)23(28)15-26-14-21(19-6-2-3-7-20(19)26)30-16-22(27)24-13-18-5-4-12-29-18/h2-7,12,14,17H,8-11,13,15-16H2,1H3,(H,24,27). The predicted octanol–water partition coefficient (Wildman–Crippen LogP) is 3.90. The molecular weight excluding hydrogens is 398 g/mol. The molecule has 3 aromatic rings. The normalized spacial score (nSPS) is 14.9. The molecular formula is C23H27N3O3S. The molecule has 0 saturated carbocycles. The maximum Gasteiger partial charge on any atom is 0.242 e. The highest BCUT2D eigenvalue weighted by Crippen LogP contribution is 2.30. The van der Waals surface area contributed by atoms with Crippen LogP contribution in [0.1, 0.15) is 25.5 Å². The molecule has 0 bridgehead atoms. The molecule has 2 amide bonds. The molecule has 158 valence electrons. The molecule has 1 fully saturated rings. The number of furan rings is 1. The van der Waals surface area contributed by atoms with Crippen LogP contribution >= 0.6 is 11.8 Å². The third-order valence-electron chi connectivity index (χ3n) is 5.59. The van der Waals surface area contributed by atoms with Crippen molar-refractivity contribution in [2.24, 2.45) is 5.92 Å². The summed E-state index contributed by atoms with van der Waals surface area (Å²) in [5.41, 5.74) is 1.02. The smallest absolute Gasteiger partial charge is 0.242 e. The van der Waals surface area contributed by atoms with E-state index in [1.807, 2.05) is 46.0 Å². The summed E-state index contributed by atoms with van der Waals surface area (Å²) in [5.74, 6) is 1.85. The van der Waals surface area contributed by atoms with Gasteiger partial charge in [-0.3, -0.25) is 9.59 Å². The molecule has 1 aromatic carbocycles. The summed E-state index contributed by atoms with van der Waals surface area (Å²) >= 11 is 1.49. The Balaban J connectivity index is 1.40. The lowest BCUT2D eigenvalue weighted by Crippen LogP contribution is -2.39. The number of amides is 2. The second-order valence-corrected chi connectivity index (χ2v) is 8.86. The Labute approximate surface area is 180 Å². The topological polar surface area (TPSA) is 67.5 Å². The lowest BCUT2D eigenvalue weighted by atomic mass is 9.99. The number of nitrogens with zero attached hydrogens (tertiary/aromatic N) is 2. The molecule has 30 heavy (non-hydrogen) atoms. The van der Waals surface area contributed by atoms with Gasteiger partial charge in [0.1, 0.15) is 12.3 Å². The Hall–Kier alpha value is -2.67. The number of carbonyl (C=O) groups excluding carboxylic acids is 2. The maximum atomic E-state index is 12.8. The number of aromatic nitrogens is 1. The first-order chi connectivity index (χ1) is 14.6. The minimum Gasteiger partial charge on any atom is -0.467 e. The molecule has 2 aromatic heterocycles. The minimum atomic E-state index is -0.0493. The van der Waals surface area contributed by atoms with Crippen molar-refractivity contribution >= 4 is 34.5 Å².